The molecule has 2 fully saturated rings. The number of carboxylic acids is 1. The maximum atomic E-state index is 13.0. The van der Waals surface area contributed by atoms with E-state index in [0.29, 0.717) is 32.4 Å². The molecule has 1 saturated heterocycles. The summed E-state index contributed by atoms with van der Waals surface area (Å²) in [5.74, 6) is -1.60. The number of amides is 2. The first kappa shape index (κ1) is 16.5. The fraction of sp³-hybridized carbons (Fsp3) is 0.500. The van der Waals surface area contributed by atoms with E-state index in [0.717, 1.165) is 5.56 Å². The molecule has 1 aliphatic heterocycles. The maximum absolute atomic E-state index is 13.0. The summed E-state index contributed by atoms with van der Waals surface area (Å²) < 4.78 is 0. The average molecular weight is 330 g/mol. The van der Waals surface area contributed by atoms with Gasteiger partial charge in [-0.05, 0) is 24.8 Å². The van der Waals surface area contributed by atoms with Crippen LogP contribution in [0.2, 0.25) is 0 Å². The molecule has 3 rings (SSSR count). The zero-order valence-corrected chi connectivity index (χ0v) is 13.5. The number of nitrogens with one attached hydrogen (secondary N) is 1. The Hall–Kier alpha value is -2.37. The van der Waals surface area contributed by atoms with Crippen LogP contribution in [0.1, 0.15) is 37.3 Å². The van der Waals surface area contributed by atoms with Crippen LogP contribution >= 0.6 is 0 Å². The summed E-state index contributed by atoms with van der Waals surface area (Å²) in [6, 6.07) is 9.27. The van der Waals surface area contributed by atoms with Crippen molar-refractivity contribution in [3.8, 4) is 0 Å². The fourth-order valence-electron chi connectivity index (χ4n) is 3.73. The predicted octanol–water partition coefficient (Wildman–Crippen LogP) is 1.58. The van der Waals surface area contributed by atoms with Gasteiger partial charge in [-0.3, -0.25) is 14.4 Å². The van der Waals surface area contributed by atoms with Gasteiger partial charge in [-0.1, -0.05) is 30.3 Å². The standard InChI is InChI=1S/C18H22N2O4/c21-16-11-15(12-4-2-1-3-5-12)20(9-8-19-16)17(22)13-6-7-14(10-13)18(23)24/h1-5,13-15H,6-11H2,(H,19,21)(H,23,24)/t13-,14+,15+/m0/s1. The van der Waals surface area contributed by atoms with Gasteiger partial charge in [0.25, 0.3) is 0 Å². The summed E-state index contributed by atoms with van der Waals surface area (Å²) in [5, 5.41) is 12.0. The number of carboxylic acid groups (broad SMARTS) is 1. The van der Waals surface area contributed by atoms with Gasteiger partial charge in [0.1, 0.15) is 0 Å². The van der Waals surface area contributed by atoms with Crippen LogP contribution in [-0.2, 0) is 14.4 Å². The van der Waals surface area contributed by atoms with Crippen molar-refractivity contribution in [3.05, 3.63) is 35.9 Å². The monoisotopic (exact) mass is 330 g/mol. The van der Waals surface area contributed by atoms with E-state index in [9.17, 15) is 14.4 Å². The topological polar surface area (TPSA) is 86.7 Å². The second-order valence-electron chi connectivity index (χ2n) is 6.56. The highest BCUT2D eigenvalue weighted by atomic mass is 16.4. The van der Waals surface area contributed by atoms with Crippen molar-refractivity contribution >= 4 is 17.8 Å². The molecule has 0 aromatic heterocycles. The number of carbonyl (C=O) groups excluding carboxylic acids is 2. The summed E-state index contributed by atoms with van der Waals surface area (Å²) in [6.45, 7) is 0.890. The van der Waals surface area contributed by atoms with E-state index in [1.807, 2.05) is 30.3 Å². The van der Waals surface area contributed by atoms with Crippen LogP contribution in [0.5, 0.6) is 0 Å². The Labute approximate surface area is 140 Å². The Balaban J connectivity index is 1.81. The molecule has 2 aliphatic rings. The number of benzene rings is 1. The van der Waals surface area contributed by atoms with Gasteiger partial charge in [0.05, 0.1) is 18.4 Å². The summed E-state index contributed by atoms with van der Waals surface area (Å²) in [6.07, 6.45) is 1.79. The van der Waals surface area contributed by atoms with Crippen LogP contribution in [0.15, 0.2) is 30.3 Å². The third-order valence-electron chi connectivity index (χ3n) is 5.03. The van der Waals surface area contributed by atoms with Gasteiger partial charge in [-0.2, -0.15) is 0 Å². The van der Waals surface area contributed by atoms with Gasteiger partial charge in [-0.25, -0.2) is 0 Å². The largest absolute Gasteiger partial charge is 0.481 e. The average Bonchev–Trinajstić information content (AvgIpc) is 3.00. The van der Waals surface area contributed by atoms with Crippen LogP contribution in [0.25, 0.3) is 0 Å². The van der Waals surface area contributed by atoms with Crippen molar-refractivity contribution in [2.75, 3.05) is 13.1 Å². The molecule has 6 nitrogen and oxygen atoms in total. The lowest BCUT2D eigenvalue weighted by Gasteiger charge is -2.31. The van der Waals surface area contributed by atoms with Crippen molar-refractivity contribution in [1.82, 2.24) is 10.2 Å². The van der Waals surface area contributed by atoms with E-state index in [4.69, 9.17) is 5.11 Å². The van der Waals surface area contributed by atoms with Crippen molar-refractivity contribution in [1.29, 1.82) is 0 Å². The molecule has 1 aliphatic carbocycles. The number of aliphatic carboxylic acids is 1. The zero-order valence-electron chi connectivity index (χ0n) is 13.5. The highest BCUT2D eigenvalue weighted by Gasteiger charge is 2.39. The fourth-order valence-corrected chi connectivity index (χ4v) is 3.73. The van der Waals surface area contributed by atoms with E-state index in [2.05, 4.69) is 5.32 Å². The van der Waals surface area contributed by atoms with E-state index in [1.54, 1.807) is 4.90 Å². The van der Waals surface area contributed by atoms with Crippen LogP contribution in [0.4, 0.5) is 0 Å². The molecule has 1 aromatic carbocycles. The quantitative estimate of drug-likeness (QED) is 0.881. The van der Waals surface area contributed by atoms with Gasteiger partial charge < -0.3 is 15.3 Å². The van der Waals surface area contributed by atoms with Crippen molar-refractivity contribution < 1.29 is 19.5 Å². The van der Waals surface area contributed by atoms with Crippen molar-refractivity contribution in [3.63, 3.8) is 0 Å². The molecular formula is C18H22N2O4. The Morgan fingerprint density at radius 2 is 1.83 bits per heavy atom. The molecule has 2 amide bonds. The molecule has 1 aromatic rings. The van der Waals surface area contributed by atoms with Gasteiger partial charge in [0.15, 0.2) is 0 Å². The van der Waals surface area contributed by atoms with Gasteiger partial charge >= 0.3 is 5.97 Å². The van der Waals surface area contributed by atoms with Crippen LogP contribution < -0.4 is 5.32 Å². The lowest BCUT2D eigenvalue weighted by Crippen LogP contribution is -2.40. The third-order valence-corrected chi connectivity index (χ3v) is 5.03. The summed E-state index contributed by atoms with van der Waals surface area (Å²) >= 11 is 0. The maximum Gasteiger partial charge on any atom is 0.306 e. The SMILES string of the molecule is O=C1C[C@H](c2ccccc2)N(C(=O)[C@H]2CC[C@@H](C(=O)O)C2)CCN1. The summed E-state index contributed by atoms with van der Waals surface area (Å²) in [4.78, 5) is 37.9. The first-order valence-electron chi connectivity index (χ1n) is 8.41. The molecule has 3 atom stereocenters. The molecule has 6 heteroatoms. The number of rotatable bonds is 3. The minimum absolute atomic E-state index is 0.0240. The second-order valence-corrected chi connectivity index (χ2v) is 6.56. The smallest absolute Gasteiger partial charge is 0.306 e. The zero-order chi connectivity index (χ0) is 17.1. The first-order chi connectivity index (χ1) is 11.6. The van der Waals surface area contributed by atoms with Crippen LogP contribution in [-0.4, -0.2) is 40.9 Å². The first-order valence-corrected chi connectivity index (χ1v) is 8.41. The molecule has 24 heavy (non-hydrogen) atoms. The molecule has 0 radical (unpaired) electrons. The minimum Gasteiger partial charge on any atom is -0.481 e. The highest BCUT2D eigenvalue weighted by Crippen LogP contribution is 2.35. The number of hydrogen-bond acceptors (Lipinski definition) is 3. The molecule has 1 heterocycles. The summed E-state index contributed by atoms with van der Waals surface area (Å²) in [5.41, 5.74) is 0.940. The normalized spacial score (nSPS) is 27.4. The van der Waals surface area contributed by atoms with Gasteiger partial charge in [0.2, 0.25) is 11.8 Å². The lowest BCUT2D eigenvalue weighted by molar-refractivity contribution is -0.142. The molecule has 0 spiro atoms. The third kappa shape index (κ3) is 3.42. The van der Waals surface area contributed by atoms with Crippen LogP contribution in [0, 0.1) is 11.8 Å². The van der Waals surface area contributed by atoms with E-state index in [-0.39, 0.29) is 30.2 Å². The molecule has 0 unspecified atom stereocenters. The number of carbonyl (C=O) groups is 3. The van der Waals surface area contributed by atoms with Crippen molar-refractivity contribution in [2.24, 2.45) is 11.8 Å². The van der Waals surface area contributed by atoms with Crippen molar-refractivity contribution in [2.45, 2.75) is 31.7 Å². The Kier molecular flexibility index (Phi) is 4.83. The van der Waals surface area contributed by atoms with E-state index in [1.165, 1.54) is 0 Å². The molecule has 1 saturated carbocycles. The molecular weight excluding hydrogens is 308 g/mol. The molecule has 2 N–H and O–H groups in total. The second kappa shape index (κ2) is 7.03. The molecule has 0 bridgehead atoms. The van der Waals surface area contributed by atoms with Gasteiger partial charge in [0, 0.05) is 19.0 Å². The Morgan fingerprint density at radius 3 is 2.50 bits per heavy atom. The highest BCUT2D eigenvalue weighted by molar-refractivity contribution is 5.83. The Bertz CT molecular complexity index is 631. The Morgan fingerprint density at radius 1 is 1.12 bits per heavy atom. The van der Waals surface area contributed by atoms with E-state index < -0.39 is 11.9 Å². The number of hydrogen-bond donors (Lipinski definition) is 2. The lowest BCUT2D eigenvalue weighted by atomic mass is 9.98. The molecule has 128 valence electrons. The minimum atomic E-state index is -0.822. The summed E-state index contributed by atoms with van der Waals surface area (Å²) in [7, 11) is 0. The van der Waals surface area contributed by atoms with E-state index >= 15 is 0 Å². The van der Waals surface area contributed by atoms with Gasteiger partial charge in [-0.15, -0.1) is 0 Å². The predicted molar refractivity (Wildman–Crippen MR) is 87.0 cm³/mol. The number of nitrogens with zero attached hydrogens (tertiary/aromatic N) is 1. The van der Waals surface area contributed by atoms with Crippen LogP contribution in [0.3, 0.4) is 0 Å².